The second-order valence-electron chi connectivity index (χ2n) is 8.21. The number of aromatic nitrogens is 1. The highest BCUT2D eigenvalue weighted by molar-refractivity contribution is 5.95. The zero-order valence-corrected chi connectivity index (χ0v) is 19.4. The van der Waals surface area contributed by atoms with E-state index in [-0.39, 0.29) is 5.91 Å². The first-order valence-electron chi connectivity index (χ1n) is 11.1. The summed E-state index contributed by atoms with van der Waals surface area (Å²) in [6.45, 7) is 1.36. The van der Waals surface area contributed by atoms with E-state index in [9.17, 15) is 4.79 Å². The predicted octanol–water partition coefficient (Wildman–Crippen LogP) is 5.08. The van der Waals surface area contributed by atoms with Crippen LogP contribution in [0, 0.1) is 0 Å². The van der Waals surface area contributed by atoms with E-state index < -0.39 is 0 Å². The van der Waals surface area contributed by atoms with Crippen molar-refractivity contribution in [2.24, 2.45) is 0 Å². The Morgan fingerprint density at radius 1 is 0.912 bits per heavy atom. The van der Waals surface area contributed by atoms with Gasteiger partial charge in [0.25, 0.3) is 5.91 Å². The number of rotatable bonds is 8. The number of anilines is 1. The molecule has 3 N–H and O–H groups in total. The number of benzene rings is 3. The number of pyridine rings is 1. The van der Waals surface area contributed by atoms with Gasteiger partial charge < -0.3 is 20.7 Å². The summed E-state index contributed by atoms with van der Waals surface area (Å²) in [6.07, 6.45) is 1.72. The van der Waals surface area contributed by atoms with Gasteiger partial charge in [0.2, 0.25) is 0 Å². The molecule has 0 unspecified atom stereocenters. The summed E-state index contributed by atoms with van der Waals surface area (Å²) in [6, 6.07) is 26.8. The molecule has 0 aliphatic carbocycles. The van der Waals surface area contributed by atoms with E-state index in [2.05, 4.69) is 10.3 Å². The third kappa shape index (κ3) is 5.60. The molecule has 1 aromatic heterocycles. The third-order valence-corrected chi connectivity index (χ3v) is 5.37. The Morgan fingerprint density at radius 3 is 2.47 bits per heavy atom. The number of hydrogen-bond donors (Lipinski definition) is 2. The van der Waals surface area contributed by atoms with Crippen LogP contribution in [0.3, 0.4) is 0 Å². The van der Waals surface area contributed by atoms with Crippen molar-refractivity contribution < 1.29 is 9.53 Å². The highest BCUT2D eigenvalue weighted by Crippen LogP contribution is 2.37. The first kappa shape index (κ1) is 23.0. The van der Waals surface area contributed by atoms with Crippen LogP contribution in [0.5, 0.6) is 11.5 Å². The van der Waals surface area contributed by atoms with Crippen LogP contribution >= 0.6 is 0 Å². The molecular formula is C28H28N4O2. The minimum absolute atomic E-state index is 0.103. The van der Waals surface area contributed by atoms with Crippen molar-refractivity contribution in [2.75, 3.05) is 32.9 Å². The minimum atomic E-state index is -0.103. The molecule has 3 aromatic carbocycles. The van der Waals surface area contributed by atoms with Crippen molar-refractivity contribution >= 4 is 11.7 Å². The highest BCUT2D eigenvalue weighted by atomic mass is 16.5. The molecule has 0 radical (unpaired) electrons. The third-order valence-electron chi connectivity index (χ3n) is 5.37. The van der Waals surface area contributed by atoms with Gasteiger partial charge in [-0.1, -0.05) is 48.5 Å². The number of nitrogens with one attached hydrogen (secondary N) is 1. The Labute approximate surface area is 200 Å². The summed E-state index contributed by atoms with van der Waals surface area (Å²) >= 11 is 0. The van der Waals surface area contributed by atoms with E-state index >= 15 is 0 Å². The number of carbonyl (C=O) groups is 1. The maximum absolute atomic E-state index is 12.6. The van der Waals surface area contributed by atoms with Crippen LogP contribution in [-0.4, -0.2) is 43.0 Å². The van der Waals surface area contributed by atoms with Gasteiger partial charge in [0.1, 0.15) is 17.3 Å². The molecular weight excluding hydrogens is 424 g/mol. The molecule has 0 spiro atoms. The number of hydrogen-bond acceptors (Lipinski definition) is 5. The molecule has 0 saturated heterocycles. The van der Waals surface area contributed by atoms with Gasteiger partial charge in [-0.3, -0.25) is 4.79 Å². The molecule has 0 aliphatic heterocycles. The van der Waals surface area contributed by atoms with Gasteiger partial charge in [-0.15, -0.1) is 0 Å². The number of nitrogens with zero attached hydrogens (tertiary/aromatic N) is 2. The fraction of sp³-hybridized carbons (Fsp3) is 0.143. The average Bonchev–Trinajstić information content (AvgIpc) is 2.85. The molecule has 0 bridgehead atoms. The molecule has 4 aromatic rings. The monoisotopic (exact) mass is 452 g/mol. The van der Waals surface area contributed by atoms with Crippen LogP contribution in [-0.2, 0) is 0 Å². The molecule has 0 aliphatic rings. The zero-order chi connectivity index (χ0) is 23.9. The molecule has 1 heterocycles. The van der Waals surface area contributed by atoms with Crippen molar-refractivity contribution in [1.82, 2.24) is 15.2 Å². The van der Waals surface area contributed by atoms with Crippen molar-refractivity contribution in [3.8, 4) is 33.8 Å². The van der Waals surface area contributed by atoms with Crippen LogP contribution in [0.2, 0.25) is 0 Å². The second kappa shape index (κ2) is 10.6. The molecule has 0 fully saturated rings. The number of ether oxygens (including phenoxy) is 1. The molecule has 0 saturated carbocycles. The lowest BCUT2D eigenvalue weighted by Gasteiger charge is -2.14. The van der Waals surface area contributed by atoms with Gasteiger partial charge >= 0.3 is 0 Å². The SMILES string of the molecule is CN(C)CCNC(=O)c1cccc(-c2cnc(N)c(-c3ccccc3Oc3ccccc3)c2)c1. The molecule has 34 heavy (non-hydrogen) atoms. The van der Waals surface area contributed by atoms with Crippen LogP contribution in [0.1, 0.15) is 10.4 Å². The lowest BCUT2D eigenvalue weighted by atomic mass is 9.99. The smallest absolute Gasteiger partial charge is 0.251 e. The highest BCUT2D eigenvalue weighted by Gasteiger charge is 2.14. The summed E-state index contributed by atoms with van der Waals surface area (Å²) in [5, 5.41) is 2.95. The number of amides is 1. The molecule has 1 amide bonds. The Hall–Kier alpha value is -4.16. The second-order valence-corrected chi connectivity index (χ2v) is 8.21. The molecule has 0 atom stereocenters. The fourth-order valence-corrected chi connectivity index (χ4v) is 3.58. The number of carbonyl (C=O) groups excluding carboxylic acids is 1. The predicted molar refractivity (Wildman–Crippen MR) is 137 cm³/mol. The van der Waals surface area contributed by atoms with E-state index in [0.717, 1.165) is 34.5 Å². The maximum atomic E-state index is 12.6. The quantitative estimate of drug-likeness (QED) is 0.390. The van der Waals surface area contributed by atoms with Crippen molar-refractivity contribution in [3.63, 3.8) is 0 Å². The average molecular weight is 453 g/mol. The van der Waals surface area contributed by atoms with E-state index in [1.807, 2.05) is 104 Å². The molecule has 4 rings (SSSR count). The summed E-state index contributed by atoms with van der Waals surface area (Å²) in [5.74, 6) is 1.73. The summed E-state index contributed by atoms with van der Waals surface area (Å²) in [4.78, 5) is 19.1. The lowest BCUT2D eigenvalue weighted by Crippen LogP contribution is -2.31. The van der Waals surface area contributed by atoms with Crippen LogP contribution < -0.4 is 15.8 Å². The summed E-state index contributed by atoms with van der Waals surface area (Å²) in [7, 11) is 3.95. The normalized spacial score (nSPS) is 10.8. The Bertz CT molecular complexity index is 1270. The Kier molecular flexibility index (Phi) is 7.20. The van der Waals surface area contributed by atoms with Gasteiger partial charge in [0, 0.05) is 41.5 Å². The van der Waals surface area contributed by atoms with Crippen LogP contribution in [0.15, 0.2) is 91.1 Å². The van der Waals surface area contributed by atoms with Gasteiger partial charge in [-0.2, -0.15) is 0 Å². The first-order valence-corrected chi connectivity index (χ1v) is 11.1. The van der Waals surface area contributed by atoms with E-state index in [0.29, 0.717) is 23.7 Å². The number of nitrogens with two attached hydrogens (primary N) is 1. The van der Waals surface area contributed by atoms with E-state index in [1.54, 1.807) is 6.20 Å². The molecule has 6 heteroatoms. The van der Waals surface area contributed by atoms with Crippen molar-refractivity contribution in [1.29, 1.82) is 0 Å². The zero-order valence-electron chi connectivity index (χ0n) is 19.4. The molecule has 6 nitrogen and oxygen atoms in total. The van der Waals surface area contributed by atoms with Crippen molar-refractivity contribution in [3.05, 3.63) is 96.7 Å². The topological polar surface area (TPSA) is 80.5 Å². The van der Waals surface area contributed by atoms with Gasteiger partial charge in [-0.25, -0.2) is 4.98 Å². The van der Waals surface area contributed by atoms with Crippen LogP contribution in [0.25, 0.3) is 22.3 Å². The largest absolute Gasteiger partial charge is 0.457 e. The first-order chi connectivity index (χ1) is 16.5. The maximum Gasteiger partial charge on any atom is 0.251 e. The summed E-state index contributed by atoms with van der Waals surface area (Å²) in [5.41, 5.74) is 10.2. The lowest BCUT2D eigenvalue weighted by molar-refractivity contribution is 0.0951. The molecule has 172 valence electrons. The number of nitrogen functional groups attached to an aromatic ring is 1. The van der Waals surface area contributed by atoms with E-state index in [1.165, 1.54) is 0 Å². The van der Waals surface area contributed by atoms with Gasteiger partial charge in [-0.05, 0) is 56.1 Å². The fourth-order valence-electron chi connectivity index (χ4n) is 3.58. The Balaban J connectivity index is 1.64. The van der Waals surface area contributed by atoms with E-state index in [4.69, 9.17) is 10.5 Å². The standard InChI is InChI=1S/C28H28N4O2/c1-32(2)16-15-30-28(33)21-10-8-9-20(17-21)22-18-25(27(29)31-19-22)24-13-6-7-14-26(24)34-23-11-4-3-5-12-23/h3-14,17-19H,15-16H2,1-2H3,(H2,29,31)(H,30,33). The minimum Gasteiger partial charge on any atom is -0.457 e. The van der Waals surface area contributed by atoms with Crippen molar-refractivity contribution in [2.45, 2.75) is 0 Å². The van der Waals surface area contributed by atoms with Gasteiger partial charge in [0.15, 0.2) is 0 Å². The number of para-hydroxylation sites is 2. The van der Waals surface area contributed by atoms with Crippen LogP contribution in [0.4, 0.5) is 5.82 Å². The number of likely N-dealkylation sites (N-methyl/N-ethyl adjacent to an activating group) is 1. The van der Waals surface area contributed by atoms with Gasteiger partial charge in [0.05, 0.1) is 0 Å². The Morgan fingerprint density at radius 2 is 1.68 bits per heavy atom. The summed E-state index contributed by atoms with van der Waals surface area (Å²) < 4.78 is 6.13.